The van der Waals surface area contributed by atoms with Gasteiger partial charge in [-0.25, -0.2) is 0 Å². The molecule has 3 rings (SSSR count). The molecular weight excluding hydrogens is 144 g/mol. The normalized spacial score (nSPS) is 54.5. The summed E-state index contributed by atoms with van der Waals surface area (Å²) in [5.74, 6) is 4.96. The van der Waals surface area contributed by atoms with Gasteiger partial charge in [0.15, 0.2) is 0 Å². The van der Waals surface area contributed by atoms with Crippen LogP contribution in [0.15, 0.2) is 17.4 Å². The van der Waals surface area contributed by atoms with Crippen LogP contribution in [0.3, 0.4) is 0 Å². The summed E-state index contributed by atoms with van der Waals surface area (Å²) in [5.41, 5.74) is 4.92. The number of hydrogen-bond donors (Lipinski definition) is 0. The zero-order valence-corrected chi connectivity index (χ0v) is 7.88. The van der Waals surface area contributed by atoms with Crippen molar-refractivity contribution in [1.29, 1.82) is 0 Å². The highest BCUT2D eigenvalue weighted by Gasteiger charge is 2.52. The summed E-state index contributed by atoms with van der Waals surface area (Å²) in [7, 11) is 0. The third-order valence-corrected chi connectivity index (χ3v) is 4.27. The average molecular weight is 160 g/mol. The average Bonchev–Trinajstić information content (AvgIpc) is 2.57. The van der Waals surface area contributed by atoms with Crippen molar-refractivity contribution < 1.29 is 0 Å². The molecule has 2 fully saturated rings. The van der Waals surface area contributed by atoms with Crippen LogP contribution in [-0.2, 0) is 0 Å². The van der Waals surface area contributed by atoms with Gasteiger partial charge in [-0.2, -0.15) is 0 Å². The van der Waals surface area contributed by atoms with Crippen LogP contribution in [0.2, 0.25) is 0 Å². The lowest BCUT2D eigenvalue weighted by Gasteiger charge is -2.41. The highest BCUT2D eigenvalue weighted by Crippen LogP contribution is 2.59. The Kier molecular flexibility index (Phi) is 1.20. The van der Waals surface area contributed by atoms with Gasteiger partial charge in [-0.05, 0) is 61.0 Å². The van der Waals surface area contributed by atoms with E-state index in [-0.39, 0.29) is 0 Å². The minimum absolute atomic E-state index is 0.903. The minimum atomic E-state index is 0.903. The Morgan fingerprint density at radius 3 is 2.67 bits per heavy atom. The molecule has 3 aliphatic carbocycles. The Hall–Kier alpha value is -0.480. The largest absolute Gasteiger partial charge is 0.126 e. The van der Waals surface area contributed by atoms with Gasteiger partial charge in [0.25, 0.3) is 0 Å². The molecule has 0 heteroatoms. The molecule has 0 amide bonds. The van der Waals surface area contributed by atoms with Crippen molar-refractivity contribution in [2.24, 2.45) is 29.6 Å². The topological polar surface area (TPSA) is 0 Å². The van der Waals surface area contributed by atoms with Crippen LogP contribution in [0.4, 0.5) is 0 Å². The molecule has 12 heavy (non-hydrogen) atoms. The Bertz CT molecular complexity index is 280. The van der Waals surface area contributed by atoms with Gasteiger partial charge in [-0.3, -0.25) is 0 Å². The number of allylic oxidation sites excluding steroid dienone is 1. The zero-order valence-electron chi connectivity index (χ0n) is 7.88. The fraction of sp³-hybridized carbons (Fsp3) is 0.750. The van der Waals surface area contributed by atoms with Gasteiger partial charge in [0.2, 0.25) is 0 Å². The third kappa shape index (κ3) is 0.742. The van der Waals surface area contributed by atoms with Crippen LogP contribution >= 0.6 is 0 Å². The molecule has 0 nitrogen and oxygen atoms in total. The van der Waals surface area contributed by atoms with E-state index in [0.29, 0.717) is 0 Å². The lowest BCUT2D eigenvalue weighted by atomic mass is 9.62. The first-order chi connectivity index (χ1) is 5.77. The molecule has 5 atom stereocenters. The zero-order chi connectivity index (χ0) is 8.29. The van der Waals surface area contributed by atoms with E-state index in [9.17, 15) is 0 Å². The van der Waals surface area contributed by atoms with Crippen molar-refractivity contribution >= 4 is 0 Å². The quantitative estimate of drug-likeness (QED) is 0.517. The van der Waals surface area contributed by atoms with Crippen LogP contribution in [-0.4, -0.2) is 0 Å². The van der Waals surface area contributed by atoms with Crippen molar-refractivity contribution in [2.45, 2.75) is 26.7 Å². The molecule has 0 aromatic heterocycles. The molecule has 5 unspecified atom stereocenters. The van der Waals surface area contributed by atoms with Crippen molar-refractivity contribution in [2.75, 3.05) is 0 Å². The fourth-order valence-electron chi connectivity index (χ4n) is 3.16. The van der Waals surface area contributed by atoms with Gasteiger partial charge < -0.3 is 0 Å². The molecule has 0 bridgehead atoms. The van der Waals surface area contributed by atoms with Gasteiger partial charge in [0.1, 0.15) is 0 Å². The van der Waals surface area contributed by atoms with Crippen LogP contribution in [0, 0.1) is 29.6 Å². The van der Waals surface area contributed by atoms with E-state index in [0.717, 1.165) is 29.6 Å². The van der Waals surface area contributed by atoms with Crippen LogP contribution in [0.25, 0.3) is 0 Å². The van der Waals surface area contributed by atoms with Crippen molar-refractivity contribution in [1.82, 2.24) is 0 Å². The van der Waals surface area contributed by atoms with Crippen LogP contribution in [0.1, 0.15) is 26.7 Å². The molecule has 0 saturated heterocycles. The predicted molar refractivity (Wildman–Crippen MR) is 49.6 cm³/mol. The molecule has 0 heterocycles. The van der Waals surface area contributed by atoms with E-state index >= 15 is 0 Å². The summed E-state index contributed by atoms with van der Waals surface area (Å²) in [6.45, 7) is 4.64. The molecule has 0 aromatic carbocycles. The molecule has 0 radical (unpaired) electrons. The van der Waals surface area contributed by atoms with Gasteiger partial charge in [-0.1, -0.05) is 6.92 Å². The fourth-order valence-corrected chi connectivity index (χ4v) is 3.16. The molecule has 0 N–H and O–H groups in total. The smallest absolute Gasteiger partial charge is 0.00544 e. The predicted octanol–water partition coefficient (Wildman–Crippen LogP) is 3.01. The summed E-state index contributed by atoms with van der Waals surface area (Å²) >= 11 is 0. The molecule has 0 aliphatic heterocycles. The maximum atomic E-state index is 3.40. The van der Waals surface area contributed by atoms with Crippen molar-refractivity contribution in [3.05, 3.63) is 17.4 Å². The molecule has 64 valence electrons. The first-order valence-electron chi connectivity index (χ1n) is 5.20. The first-order valence-corrected chi connectivity index (χ1v) is 5.20. The molecular formula is C12H16. The highest BCUT2D eigenvalue weighted by molar-refractivity contribution is 5.23. The maximum absolute atomic E-state index is 3.40. The van der Waals surface area contributed by atoms with E-state index in [1.165, 1.54) is 18.4 Å². The molecule has 2 saturated carbocycles. The van der Waals surface area contributed by atoms with Crippen molar-refractivity contribution in [3.8, 4) is 0 Å². The van der Waals surface area contributed by atoms with Crippen LogP contribution in [0.5, 0.6) is 0 Å². The number of hydrogen-bond acceptors (Lipinski definition) is 0. The molecule has 0 spiro atoms. The highest BCUT2D eigenvalue weighted by atomic mass is 14.6. The van der Waals surface area contributed by atoms with E-state index in [2.05, 4.69) is 25.7 Å². The Balaban J connectivity index is 1.72. The second kappa shape index (κ2) is 2.06. The van der Waals surface area contributed by atoms with E-state index < -0.39 is 0 Å². The van der Waals surface area contributed by atoms with Gasteiger partial charge in [0, 0.05) is 0 Å². The summed E-state index contributed by atoms with van der Waals surface area (Å²) in [6.07, 6.45) is 5.31. The minimum Gasteiger partial charge on any atom is -0.126 e. The lowest BCUT2D eigenvalue weighted by molar-refractivity contribution is 0.124. The van der Waals surface area contributed by atoms with E-state index in [1.54, 1.807) is 0 Å². The molecule has 3 aliphatic rings. The SMILES string of the molecule is CC1=C=CC2C1CC2C1CC1C. The summed E-state index contributed by atoms with van der Waals surface area (Å²) in [4.78, 5) is 0. The second-order valence-electron chi connectivity index (χ2n) is 4.95. The molecule has 0 aromatic rings. The maximum Gasteiger partial charge on any atom is -0.00544 e. The van der Waals surface area contributed by atoms with Gasteiger partial charge in [0.05, 0.1) is 0 Å². The number of fused-ring (bicyclic) bond motifs is 1. The van der Waals surface area contributed by atoms with Gasteiger partial charge >= 0.3 is 0 Å². The standard InChI is InChI=1S/C12H16/c1-7-3-4-9-11(7)6-12(9)10-5-8(10)2/h4,8-12H,5-6H2,1-2H3. The Morgan fingerprint density at radius 1 is 1.33 bits per heavy atom. The first kappa shape index (κ1) is 6.97. The number of rotatable bonds is 1. The van der Waals surface area contributed by atoms with Crippen LogP contribution < -0.4 is 0 Å². The summed E-state index contributed by atoms with van der Waals surface area (Å²) < 4.78 is 0. The lowest BCUT2D eigenvalue weighted by Crippen LogP contribution is -2.35. The summed E-state index contributed by atoms with van der Waals surface area (Å²) in [5, 5.41) is 0. The van der Waals surface area contributed by atoms with E-state index in [1.807, 2.05) is 0 Å². The monoisotopic (exact) mass is 160 g/mol. The Morgan fingerprint density at radius 2 is 2.08 bits per heavy atom. The van der Waals surface area contributed by atoms with E-state index in [4.69, 9.17) is 0 Å². The van der Waals surface area contributed by atoms with Crippen molar-refractivity contribution in [3.63, 3.8) is 0 Å². The Labute approximate surface area is 74.4 Å². The third-order valence-electron chi connectivity index (χ3n) is 4.27. The second-order valence-corrected chi connectivity index (χ2v) is 4.95. The summed E-state index contributed by atoms with van der Waals surface area (Å²) in [6, 6.07) is 0. The van der Waals surface area contributed by atoms with Gasteiger partial charge in [-0.15, -0.1) is 5.73 Å².